The maximum absolute atomic E-state index is 3.63. The lowest BCUT2D eigenvalue weighted by molar-refractivity contribution is 0.864. The average Bonchev–Trinajstić information content (AvgIpc) is 1.91. The van der Waals surface area contributed by atoms with Crippen molar-refractivity contribution in [3.63, 3.8) is 0 Å². The van der Waals surface area contributed by atoms with E-state index in [1.165, 1.54) is 0 Å². The van der Waals surface area contributed by atoms with Gasteiger partial charge in [0, 0.05) is 12.7 Å². The van der Waals surface area contributed by atoms with Gasteiger partial charge in [0.2, 0.25) is 0 Å². The van der Waals surface area contributed by atoms with Gasteiger partial charge in [-0.3, -0.25) is 0 Å². The lowest BCUT2D eigenvalue weighted by Crippen LogP contribution is -1.85. The summed E-state index contributed by atoms with van der Waals surface area (Å²) in [6.45, 7) is 1.93. The van der Waals surface area contributed by atoms with Crippen LogP contribution >= 0.6 is 0 Å². The van der Waals surface area contributed by atoms with E-state index in [1.807, 2.05) is 14.0 Å². The molecule has 0 saturated heterocycles. The highest BCUT2D eigenvalue weighted by atomic mass is 15.0. The van der Waals surface area contributed by atoms with Gasteiger partial charge >= 0.3 is 0 Å². The normalized spacial score (nSPS) is 9.43. The Hall–Kier alpha value is -0.790. The molecule has 2 nitrogen and oxygen atoms in total. The summed E-state index contributed by atoms with van der Waals surface area (Å²) in [5.41, 5.74) is 1.01. The van der Waals surface area contributed by atoms with Gasteiger partial charge in [0.15, 0.2) is 6.33 Å². The molecular weight excluding hydrogens is 88.1 g/mol. The summed E-state index contributed by atoms with van der Waals surface area (Å²) in [5.74, 6) is 0. The third-order valence-electron chi connectivity index (χ3n) is 0.921. The number of aryl methyl sites for hydroxylation is 2. The van der Waals surface area contributed by atoms with Crippen LogP contribution in [0, 0.1) is 19.4 Å². The largest absolute Gasteiger partial charge is 0.328 e. The van der Waals surface area contributed by atoms with Gasteiger partial charge < -0.3 is 4.57 Å². The monoisotopic (exact) mass is 94.1 g/mol. The SMILES string of the molecule is Cc1[c]n[c]n1C. The third-order valence-corrected chi connectivity index (χ3v) is 0.921. The van der Waals surface area contributed by atoms with E-state index in [0.29, 0.717) is 0 Å². The predicted octanol–water partition coefficient (Wildman–Crippen LogP) is 0.329. The van der Waals surface area contributed by atoms with Crippen LogP contribution in [0.5, 0.6) is 0 Å². The Balaban J connectivity index is 3.12. The summed E-state index contributed by atoms with van der Waals surface area (Å²) in [4.78, 5) is 3.63. The first-order chi connectivity index (χ1) is 3.30. The number of aromatic nitrogens is 2. The van der Waals surface area contributed by atoms with Gasteiger partial charge in [-0.2, -0.15) is 0 Å². The molecule has 2 radical (unpaired) electrons. The molecule has 1 aromatic rings. The maximum Gasteiger partial charge on any atom is 0.177 e. The Morgan fingerprint density at radius 2 is 2.43 bits per heavy atom. The fourth-order valence-corrected chi connectivity index (χ4v) is 0.331. The number of hydrogen-bond acceptors (Lipinski definition) is 1. The quantitative estimate of drug-likeness (QED) is 0.453. The summed E-state index contributed by atoms with van der Waals surface area (Å²) in [5, 5.41) is 0. The molecule has 2 heteroatoms. The minimum absolute atomic E-state index is 1.01. The first kappa shape index (κ1) is 4.37. The van der Waals surface area contributed by atoms with E-state index in [4.69, 9.17) is 0 Å². The van der Waals surface area contributed by atoms with E-state index < -0.39 is 0 Å². The van der Waals surface area contributed by atoms with Crippen LogP contribution in [0.15, 0.2) is 0 Å². The molecule has 1 rings (SSSR count). The highest BCUT2D eigenvalue weighted by Gasteiger charge is 1.86. The van der Waals surface area contributed by atoms with Crippen molar-refractivity contribution in [3.8, 4) is 0 Å². The molecule has 1 aromatic heterocycles. The Morgan fingerprint density at radius 1 is 1.71 bits per heavy atom. The minimum Gasteiger partial charge on any atom is -0.328 e. The lowest BCUT2D eigenvalue weighted by Gasteiger charge is -1.85. The highest BCUT2D eigenvalue weighted by molar-refractivity contribution is 4.88. The van der Waals surface area contributed by atoms with Crippen molar-refractivity contribution in [2.45, 2.75) is 6.92 Å². The molecule has 0 aliphatic rings. The zero-order valence-electron chi connectivity index (χ0n) is 4.39. The Kier molecular flexibility index (Phi) is 0.855. The molecule has 0 amide bonds. The molecule has 7 heavy (non-hydrogen) atoms. The molecule has 0 spiro atoms. The van der Waals surface area contributed by atoms with Crippen LogP contribution in [0.3, 0.4) is 0 Å². The maximum atomic E-state index is 3.63. The molecule has 0 bridgehead atoms. The number of nitrogens with zero attached hydrogens (tertiary/aromatic N) is 2. The Bertz CT molecular complexity index is 138. The van der Waals surface area contributed by atoms with Gasteiger partial charge in [-0.05, 0) is 6.92 Å². The summed E-state index contributed by atoms with van der Waals surface area (Å²) in [7, 11) is 1.89. The molecule has 36 valence electrons. The number of imidazole rings is 1. The summed E-state index contributed by atoms with van der Waals surface area (Å²) < 4.78 is 1.79. The minimum atomic E-state index is 1.01. The van der Waals surface area contributed by atoms with E-state index in [1.54, 1.807) is 4.57 Å². The fraction of sp³-hybridized carbons (Fsp3) is 0.400. The standard InChI is InChI=1S/C5H6N2/c1-5-3-6-4-7(5)2/h1-2H3. The highest BCUT2D eigenvalue weighted by Crippen LogP contribution is 1.86. The van der Waals surface area contributed by atoms with Crippen LogP contribution in [0.4, 0.5) is 0 Å². The Morgan fingerprint density at radius 3 is 2.57 bits per heavy atom. The van der Waals surface area contributed by atoms with Crippen molar-refractivity contribution >= 4 is 0 Å². The molecule has 0 N–H and O–H groups in total. The zero-order valence-corrected chi connectivity index (χ0v) is 4.39. The van der Waals surface area contributed by atoms with E-state index in [-0.39, 0.29) is 0 Å². The molecule has 0 saturated carbocycles. The van der Waals surface area contributed by atoms with E-state index in [0.717, 1.165) is 5.69 Å². The van der Waals surface area contributed by atoms with Gasteiger partial charge in [-0.15, -0.1) is 0 Å². The van der Waals surface area contributed by atoms with Crippen molar-refractivity contribution in [2.75, 3.05) is 0 Å². The topological polar surface area (TPSA) is 17.8 Å². The van der Waals surface area contributed by atoms with E-state index in [2.05, 4.69) is 17.5 Å². The molecular formula is C5H6N2. The van der Waals surface area contributed by atoms with Crippen molar-refractivity contribution in [2.24, 2.45) is 7.05 Å². The van der Waals surface area contributed by atoms with Crippen LogP contribution in [0.25, 0.3) is 0 Å². The van der Waals surface area contributed by atoms with E-state index >= 15 is 0 Å². The summed E-state index contributed by atoms with van der Waals surface area (Å²) >= 11 is 0. The zero-order chi connectivity index (χ0) is 5.28. The molecule has 0 atom stereocenters. The van der Waals surface area contributed by atoms with Crippen LogP contribution < -0.4 is 0 Å². The number of rotatable bonds is 0. The molecule has 0 fully saturated rings. The van der Waals surface area contributed by atoms with Crippen LogP contribution in [0.2, 0.25) is 0 Å². The molecule has 0 aliphatic heterocycles. The second-order valence-corrected chi connectivity index (χ2v) is 1.47. The molecule has 0 aliphatic carbocycles. The average molecular weight is 94.1 g/mol. The van der Waals surface area contributed by atoms with Gasteiger partial charge in [-0.1, -0.05) is 0 Å². The van der Waals surface area contributed by atoms with Crippen molar-refractivity contribution < 1.29 is 0 Å². The molecule has 0 aromatic carbocycles. The van der Waals surface area contributed by atoms with Crippen LogP contribution in [0.1, 0.15) is 5.69 Å². The second-order valence-electron chi connectivity index (χ2n) is 1.47. The van der Waals surface area contributed by atoms with Gasteiger partial charge in [0.05, 0.1) is 0 Å². The molecule has 0 unspecified atom stereocenters. The smallest absolute Gasteiger partial charge is 0.177 e. The summed E-state index contributed by atoms with van der Waals surface area (Å²) in [6, 6.07) is 0. The van der Waals surface area contributed by atoms with E-state index in [9.17, 15) is 0 Å². The van der Waals surface area contributed by atoms with Crippen LogP contribution in [-0.4, -0.2) is 9.55 Å². The molecule has 1 heterocycles. The van der Waals surface area contributed by atoms with Gasteiger partial charge in [-0.25, -0.2) is 4.98 Å². The van der Waals surface area contributed by atoms with Crippen LogP contribution in [-0.2, 0) is 7.05 Å². The van der Waals surface area contributed by atoms with Gasteiger partial charge in [0.1, 0.15) is 6.20 Å². The van der Waals surface area contributed by atoms with Gasteiger partial charge in [0.25, 0.3) is 0 Å². The third kappa shape index (κ3) is 0.633. The Labute approximate surface area is 42.8 Å². The predicted molar refractivity (Wildman–Crippen MR) is 25.6 cm³/mol. The fourth-order valence-electron chi connectivity index (χ4n) is 0.331. The van der Waals surface area contributed by atoms with Crippen molar-refractivity contribution in [3.05, 3.63) is 18.2 Å². The van der Waals surface area contributed by atoms with Crippen molar-refractivity contribution in [1.82, 2.24) is 9.55 Å². The second kappa shape index (κ2) is 1.37. The number of hydrogen-bond donors (Lipinski definition) is 0. The lowest BCUT2D eigenvalue weighted by atomic mass is 10.5. The first-order valence-electron chi connectivity index (χ1n) is 2.09. The summed E-state index contributed by atoms with van der Waals surface area (Å²) in [6.07, 6.45) is 5.41. The van der Waals surface area contributed by atoms with Crippen molar-refractivity contribution in [1.29, 1.82) is 0 Å². The first-order valence-corrected chi connectivity index (χ1v) is 2.09.